The first-order chi connectivity index (χ1) is 9.60. The van der Waals surface area contributed by atoms with E-state index in [4.69, 9.17) is 4.74 Å². The number of halogens is 1. The molecule has 2 N–H and O–H groups in total. The van der Waals surface area contributed by atoms with Crippen LogP contribution in [0.15, 0.2) is 18.2 Å². The second kappa shape index (κ2) is 6.70. The fourth-order valence-corrected chi connectivity index (χ4v) is 1.93. The highest BCUT2D eigenvalue weighted by Gasteiger charge is 2.23. The molecule has 1 aromatic rings. The van der Waals surface area contributed by atoms with Crippen molar-refractivity contribution in [3.05, 3.63) is 29.6 Å². The van der Waals surface area contributed by atoms with Crippen LogP contribution in [0.3, 0.4) is 0 Å². The van der Waals surface area contributed by atoms with Crippen LogP contribution in [0.25, 0.3) is 0 Å². The van der Waals surface area contributed by atoms with Crippen LogP contribution >= 0.6 is 0 Å². The molecule has 0 aromatic heterocycles. The quantitative estimate of drug-likeness (QED) is 0.804. The van der Waals surface area contributed by atoms with Gasteiger partial charge in [0.2, 0.25) is 5.91 Å². The number of rotatable bonds is 7. The van der Waals surface area contributed by atoms with Crippen LogP contribution in [0.2, 0.25) is 0 Å². The van der Waals surface area contributed by atoms with Crippen molar-refractivity contribution < 1.29 is 13.9 Å². The van der Waals surface area contributed by atoms with Crippen molar-refractivity contribution in [3.63, 3.8) is 0 Å². The highest BCUT2D eigenvalue weighted by atomic mass is 19.1. The molecule has 0 heterocycles. The van der Waals surface area contributed by atoms with Gasteiger partial charge in [-0.05, 0) is 45.0 Å². The van der Waals surface area contributed by atoms with Gasteiger partial charge in [-0.25, -0.2) is 4.39 Å². The van der Waals surface area contributed by atoms with E-state index >= 15 is 0 Å². The third kappa shape index (κ3) is 4.20. The van der Waals surface area contributed by atoms with Crippen molar-refractivity contribution >= 4 is 5.91 Å². The SMILES string of the molecule is CNC(C)c1cc(F)ccc1OCCC(=O)NC1CC1. The Morgan fingerprint density at radius 3 is 2.90 bits per heavy atom. The second-order valence-corrected chi connectivity index (χ2v) is 5.13. The fourth-order valence-electron chi connectivity index (χ4n) is 1.93. The molecule has 0 bridgehead atoms. The molecular weight excluding hydrogens is 259 g/mol. The van der Waals surface area contributed by atoms with Crippen molar-refractivity contribution in [2.24, 2.45) is 0 Å². The molecule has 1 saturated carbocycles. The van der Waals surface area contributed by atoms with E-state index in [1.165, 1.54) is 12.1 Å². The van der Waals surface area contributed by atoms with Gasteiger partial charge in [-0.1, -0.05) is 0 Å². The van der Waals surface area contributed by atoms with E-state index in [1.807, 2.05) is 14.0 Å². The lowest BCUT2D eigenvalue weighted by molar-refractivity contribution is -0.121. The average molecular weight is 280 g/mol. The van der Waals surface area contributed by atoms with Gasteiger partial charge in [0.15, 0.2) is 0 Å². The molecular formula is C15H21FN2O2. The monoisotopic (exact) mass is 280 g/mol. The molecule has 4 nitrogen and oxygen atoms in total. The van der Waals surface area contributed by atoms with Crippen LogP contribution in [0.1, 0.15) is 37.8 Å². The molecule has 1 aromatic carbocycles. The van der Waals surface area contributed by atoms with E-state index in [2.05, 4.69) is 10.6 Å². The standard InChI is InChI=1S/C15H21FN2O2/c1-10(17-2)13-9-11(16)3-6-14(13)20-8-7-15(19)18-12-4-5-12/h3,6,9-10,12,17H,4-5,7-8H2,1-2H3,(H,18,19). The second-order valence-electron chi connectivity index (χ2n) is 5.13. The molecule has 2 rings (SSSR count). The predicted molar refractivity (Wildman–Crippen MR) is 75.2 cm³/mol. The highest BCUT2D eigenvalue weighted by Crippen LogP contribution is 2.26. The first-order valence-electron chi connectivity index (χ1n) is 6.99. The average Bonchev–Trinajstić information content (AvgIpc) is 3.23. The van der Waals surface area contributed by atoms with E-state index in [-0.39, 0.29) is 17.8 Å². The first kappa shape index (κ1) is 14.8. The Bertz CT molecular complexity index is 475. The van der Waals surface area contributed by atoms with E-state index in [0.717, 1.165) is 18.4 Å². The molecule has 1 aliphatic rings. The van der Waals surface area contributed by atoms with Crippen molar-refractivity contribution in [1.29, 1.82) is 0 Å². The van der Waals surface area contributed by atoms with Crippen LogP contribution in [0.5, 0.6) is 5.75 Å². The van der Waals surface area contributed by atoms with E-state index < -0.39 is 0 Å². The normalized spacial score (nSPS) is 15.8. The maximum Gasteiger partial charge on any atom is 0.223 e. The molecule has 1 aliphatic carbocycles. The van der Waals surface area contributed by atoms with Crippen LogP contribution in [0.4, 0.5) is 4.39 Å². The maximum absolute atomic E-state index is 13.3. The van der Waals surface area contributed by atoms with Crippen LogP contribution in [-0.2, 0) is 4.79 Å². The van der Waals surface area contributed by atoms with Gasteiger partial charge in [-0.15, -0.1) is 0 Å². The van der Waals surface area contributed by atoms with Crippen LogP contribution in [-0.4, -0.2) is 25.6 Å². The van der Waals surface area contributed by atoms with Gasteiger partial charge >= 0.3 is 0 Å². The Kier molecular flexibility index (Phi) is 4.95. The van der Waals surface area contributed by atoms with Gasteiger partial charge in [-0.3, -0.25) is 4.79 Å². The largest absolute Gasteiger partial charge is 0.493 e. The van der Waals surface area contributed by atoms with E-state index in [0.29, 0.717) is 24.8 Å². The Labute approximate surface area is 118 Å². The van der Waals surface area contributed by atoms with Gasteiger partial charge in [0.05, 0.1) is 13.0 Å². The summed E-state index contributed by atoms with van der Waals surface area (Å²) in [5, 5.41) is 5.96. The molecule has 0 aliphatic heterocycles. The van der Waals surface area contributed by atoms with Gasteiger partial charge in [0.25, 0.3) is 0 Å². The molecule has 1 amide bonds. The minimum absolute atomic E-state index is 0.0119. The number of carbonyl (C=O) groups excluding carboxylic acids is 1. The van der Waals surface area contributed by atoms with Crippen molar-refractivity contribution in [2.75, 3.05) is 13.7 Å². The summed E-state index contributed by atoms with van der Waals surface area (Å²) in [6.07, 6.45) is 2.48. The summed E-state index contributed by atoms with van der Waals surface area (Å²) in [4.78, 5) is 11.5. The first-order valence-corrected chi connectivity index (χ1v) is 6.99. The molecule has 5 heteroatoms. The summed E-state index contributed by atoms with van der Waals surface area (Å²) in [7, 11) is 1.81. The molecule has 1 unspecified atom stereocenters. The Morgan fingerprint density at radius 1 is 1.50 bits per heavy atom. The third-order valence-electron chi connectivity index (χ3n) is 3.40. The number of hydrogen-bond donors (Lipinski definition) is 2. The number of ether oxygens (including phenoxy) is 1. The number of amides is 1. The molecule has 0 spiro atoms. The smallest absolute Gasteiger partial charge is 0.223 e. The van der Waals surface area contributed by atoms with Gasteiger partial charge < -0.3 is 15.4 Å². The van der Waals surface area contributed by atoms with E-state index in [9.17, 15) is 9.18 Å². The van der Waals surface area contributed by atoms with E-state index in [1.54, 1.807) is 6.07 Å². The predicted octanol–water partition coefficient (Wildman–Crippen LogP) is 2.15. The van der Waals surface area contributed by atoms with Crippen molar-refractivity contribution in [3.8, 4) is 5.75 Å². The topological polar surface area (TPSA) is 50.4 Å². The number of nitrogens with one attached hydrogen (secondary N) is 2. The number of hydrogen-bond acceptors (Lipinski definition) is 3. The summed E-state index contributed by atoms with van der Waals surface area (Å²) in [6.45, 7) is 2.23. The molecule has 110 valence electrons. The van der Waals surface area contributed by atoms with Crippen molar-refractivity contribution in [2.45, 2.75) is 38.3 Å². The zero-order valence-electron chi connectivity index (χ0n) is 11.9. The lowest BCUT2D eigenvalue weighted by Gasteiger charge is -2.16. The molecule has 1 atom stereocenters. The molecule has 0 radical (unpaired) electrons. The molecule has 1 fully saturated rings. The highest BCUT2D eigenvalue weighted by molar-refractivity contribution is 5.76. The van der Waals surface area contributed by atoms with Gasteiger partial charge in [-0.2, -0.15) is 0 Å². The zero-order valence-corrected chi connectivity index (χ0v) is 11.9. The summed E-state index contributed by atoms with van der Waals surface area (Å²) in [5.41, 5.74) is 0.759. The fraction of sp³-hybridized carbons (Fsp3) is 0.533. The summed E-state index contributed by atoms with van der Waals surface area (Å²) < 4.78 is 18.9. The minimum atomic E-state index is -0.291. The van der Waals surface area contributed by atoms with Gasteiger partial charge in [0, 0.05) is 17.6 Å². The van der Waals surface area contributed by atoms with Crippen LogP contribution in [0, 0.1) is 5.82 Å². The zero-order chi connectivity index (χ0) is 14.5. The minimum Gasteiger partial charge on any atom is -0.493 e. The Morgan fingerprint density at radius 2 is 2.25 bits per heavy atom. The van der Waals surface area contributed by atoms with Gasteiger partial charge in [0.1, 0.15) is 11.6 Å². The molecule has 0 saturated heterocycles. The number of benzene rings is 1. The lowest BCUT2D eigenvalue weighted by atomic mass is 10.1. The maximum atomic E-state index is 13.3. The summed E-state index contributed by atoms with van der Waals surface area (Å²) in [6, 6.07) is 4.79. The lowest BCUT2D eigenvalue weighted by Crippen LogP contribution is -2.26. The summed E-state index contributed by atoms with van der Waals surface area (Å²) >= 11 is 0. The molecule has 20 heavy (non-hydrogen) atoms. The Balaban J connectivity index is 1.89. The summed E-state index contributed by atoms with van der Waals surface area (Å²) in [5.74, 6) is 0.339. The van der Waals surface area contributed by atoms with Crippen molar-refractivity contribution in [1.82, 2.24) is 10.6 Å². The number of carbonyl (C=O) groups is 1. The third-order valence-corrected chi connectivity index (χ3v) is 3.40. The van der Waals surface area contributed by atoms with Crippen LogP contribution < -0.4 is 15.4 Å². The Hall–Kier alpha value is -1.62.